The van der Waals surface area contributed by atoms with Gasteiger partial charge in [-0.25, -0.2) is 4.98 Å². The van der Waals surface area contributed by atoms with Gasteiger partial charge < -0.3 is 10.1 Å². The van der Waals surface area contributed by atoms with Crippen molar-refractivity contribution < 1.29 is 4.74 Å². The fourth-order valence-electron chi connectivity index (χ4n) is 2.00. The molecule has 1 aromatic heterocycles. The summed E-state index contributed by atoms with van der Waals surface area (Å²) in [5, 5.41) is 3.35. The lowest BCUT2D eigenvalue weighted by Crippen LogP contribution is -2.28. The fraction of sp³-hybridized carbons (Fsp3) is 0.375. The summed E-state index contributed by atoms with van der Waals surface area (Å²) in [6.45, 7) is 7.13. The van der Waals surface area contributed by atoms with Gasteiger partial charge in [-0.3, -0.25) is 4.98 Å². The minimum absolute atomic E-state index is 0.00228. The Labute approximate surface area is 120 Å². The van der Waals surface area contributed by atoms with Gasteiger partial charge in [-0.1, -0.05) is 26.0 Å². The number of nitrogens with one attached hydrogen (secondary N) is 1. The largest absolute Gasteiger partial charge is 0.497 e. The Morgan fingerprint density at radius 3 is 2.45 bits per heavy atom. The summed E-state index contributed by atoms with van der Waals surface area (Å²) < 4.78 is 5.19. The van der Waals surface area contributed by atoms with Gasteiger partial charge in [0.2, 0.25) is 0 Å². The maximum absolute atomic E-state index is 5.19. The number of methoxy groups -OCH3 is 1. The van der Waals surface area contributed by atoms with E-state index in [1.54, 1.807) is 19.5 Å². The molecule has 2 aromatic rings. The predicted octanol–water partition coefficient (Wildman–Crippen LogP) is 3.18. The molecular formula is C16H21N3O. The first kappa shape index (κ1) is 14.3. The molecular weight excluding hydrogens is 250 g/mol. The van der Waals surface area contributed by atoms with Crippen LogP contribution in [0.1, 0.15) is 25.1 Å². The quantitative estimate of drug-likeness (QED) is 0.907. The highest BCUT2D eigenvalue weighted by Crippen LogP contribution is 2.25. The average molecular weight is 271 g/mol. The molecule has 106 valence electrons. The molecule has 1 heterocycles. The molecule has 1 aromatic carbocycles. The van der Waals surface area contributed by atoms with Crippen molar-refractivity contribution in [2.45, 2.75) is 26.2 Å². The molecule has 0 spiro atoms. The van der Waals surface area contributed by atoms with Crippen LogP contribution in [0.3, 0.4) is 0 Å². The predicted molar refractivity (Wildman–Crippen MR) is 81.3 cm³/mol. The second-order valence-corrected chi connectivity index (χ2v) is 5.51. The van der Waals surface area contributed by atoms with Gasteiger partial charge in [0.25, 0.3) is 0 Å². The van der Waals surface area contributed by atoms with Crippen LogP contribution in [-0.2, 0) is 5.41 Å². The number of aryl methyl sites for hydroxylation is 1. The van der Waals surface area contributed by atoms with Crippen LogP contribution in [0.2, 0.25) is 0 Å². The van der Waals surface area contributed by atoms with Crippen LogP contribution in [0.15, 0.2) is 36.7 Å². The Bertz CT molecular complexity index is 564. The van der Waals surface area contributed by atoms with Crippen molar-refractivity contribution in [1.82, 2.24) is 9.97 Å². The fourth-order valence-corrected chi connectivity index (χ4v) is 2.00. The summed E-state index contributed by atoms with van der Waals surface area (Å²) in [5.74, 6) is 1.69. The molecule has 0 amide bonds. The van der Waals surface area contributed by atoms with Gasteiger partial charge in [0, 0.05) is 18.2 Å². The Morgan fingerprint density at radius 2 is 1.85 bits per heavy atom. The topological polar surface area (TPSA) is 47.0 Å². The lowest BCUT2D eigenvalue weighted by atomic mass is 9.84. The molecule has 4 heteroatoms. The monoisotopic (exact) mass is 271 g/mol. The number of hydrogen-bond acceptors (Lipinski definition) is 4. The summed E-state index contributed by atoms with van der Waals surface area (Å²) in [4.78, 5) is 8.54. The van der Waals surface area contributed by atoms with Gasteiger partial charge in [-0.05, 0) is 24.6 Å². The van der Waals surface area contributed by atoms with E-state index in [-0.39, 0.29) is 5.41 Å². The molecule has 4 nitrogen and oxygen atoms in total. The van der Waals surface area contributed by atoms with Gasteiger partial charge in [0.05, 0.1) is 19.0 Å². The molecule has 0 fully saturated rings. The Hall–Kier alpha value is -2.10. The van der Waals surface area contributed by atoms with Crippen molar-refractivity contribution in [1.29, 1.82) is 0 Å². The van der Waals surface area contributed by atoms with E-state index >= 15 is 0 Å². The van der Waals surface area contributed by atoms with Crippen LogP contribution in [0.25, 0.3) is 0 Å². The highest BCUT2D eigenvalue weighted by molar-refractivity contribution is 5.36. The van der Waals surface area contributed by atoms with Crippen LogP contribution in [-0.4, -0.2) is 23.6 Å². The van der Waals surface area contributed by atoms with Gasteiger partial charge in [0.15, 0.2) is 0 Å². The number of aromatic nitrogens is 2. The number of hydrogen-bond donors (Lipinski definition) is 1. The number of anilines is 1. The highest BCUT2D eigenvalue weighted by Gasteiger charge is 2.20. The normalized spacial score (nSPS) is 11.2. The molecule has 0 unspecified atom stereocenters. The molecule has 2 rings (SSSR count). The first-order valence-corrected chi connectivity index (χ1v) is 6.68. The molecule has 0 aliphatic rings. The maximum atomic E-state index is 5.19. The third-order valence-electron chi connectivity index (χ3n) is 3.34. The van der Waals surface area contributed by atoms with E-state index in [1.165, 1.54) is 5.56 Å². The van der Waals surface area contributed by atoms with Crippen molar-refractivity contribution in [3.05, 3.63) is 47.9 Å². The number of nitrogens with zero attached hydrogens (tertiary/aromatic N) is 2. The van der Waals surface area contributed by atoms with Crippen molar-refractivity contribution in [2.75, 3.05) is 19.0 Å². The van der Waals surface area contributed by atoms with E-state index < -0.39 is 0 Å². The first-order valence-electron chi connectivity index (χ1n) is 6.68. The summed E-state index contributed by atoms with van der Waals surface area (Å²) in [6.07, 6.45) is 3.50. The number of rotatable bonds is 5. The van der Waals surface area contributed by atoms with Crippen LogP contribution >= 0.6 is 0 Å². The van der Waals surface area contributed by atoms with E-state index in [4.69, 9.17) is 4.74 Å². The third kappa shape index (κ3) is 3.47. The SMILES string of the molecule is COc1ccc(C(C)(C)CNc2cncc(C)n2)cc1. The van der Waals surface area contributed by atoms with Crippen LogP contribution in [0, 0.1) is 6.92 Å². The van der Waals surface area contributed by atoms with Gasteiger partial charge >= 0.3 is 0 Å². The molecule has 20 heavy (non-hydrogen) atoms. The first-order chi connectivity index (χ1) is 9.51. The van der Waals surface area contributed by atoms with Crippen molar-refractivity contribution >= 4 is 5.82 Å². The highest BCUT2D eigenvalue weighted by atomic mass is 16.5. The van der Waals surface area contributed by atoms with E-state index in [1.807, 2.05) is 19.1 Å². The zero-order valence-corrected chi connectivity index (χ0v) is 12.5. The van der Waals surface area contributed by atoms with Crippen LogP contribution in [0.5, 0.6) is 5.75 Å². The van der Waals surface area contributed by atoms with E-state index in [9.17, 15) is 0 Å². The van der Waals surface area contributed by atoms with E-state index in [0.29, 0.717) is 0 Å². The molecule has 0 aliphatic carbocycles. The van der Waals surface area contributed by atoms with Crippen molar-refractivity contribution in [3.63, 3.8) is 0 Å². The molecule has 0 atom stereocenters. The van der Waals surface area contributed by atoms with E-state index in [0.717, 1.165) is 23.8 Å². The Morgan fingerprint density at radius 1 is 1.15 bits per heavy atom. The maximum Gasteiger partial charge on any atom is 0.144 e. The van der Waals surface area contributed by atoms with Gasteiger partial charge in [0.1, 0.15) is 11.6 Å². The van der Waals surface area contributed by atoms with Gasteiger partial charge in [-0.2, -0.15) is 0 Å². The summed E-state index contributed by atoms with van der Waals surface area (Å²) in [5.41, 5.74) is 2.17. The standard InChI is InChI=1S/C16H21N3O/c1-12-9-17-10-15(19-12)18-11-16(2,3)13-5-7-14(20-4)8-6-13/h5-10H,11H2,1-4H3,(H,18,19). The molecule has 0 bridgehead atoms. The molecule has 1 N–H and O–H groups in total. The second-order valence-electron chi connectivity index (χ2n) is 5.51. The second kappa shape index (κ2) is 5.90. The van der Waals surface area contributed by atoms with Crippen LogP contribution < -0.4 is 10.1 Å². The zero-order valence-electron chi connectivity index (χ0n) is 12.5. The lowest BCUT2D eigenvalue weighted by Gasteiger charge is -2.26. The number of ether oxygens (including phenoxy) is 1. The van der Waals surface area contributed by atoms with Crippen molar-refractivity contribution in [3.8, 4) is 5.75 Å². The van der Waals surface area contributed by atoms with Crippen molar-refractivity contribution in [2.24, 2.45) is 0 Å². The Kier molecular flexibility index (Phi) is 4.23. The Balaban J connectivity index is 2.06. The number of benzene rings is 1. The third-order valence-corrected chi connectivity index (χ3v) is 3.34. The minimum Gasteiger partial charge on any atom is -0.497 e. The summed E-state index contributed by atoms with van der Waals surface area (Å²) in [6, 6.07) is 8.18. The summed E-state index contributed by atoms with van der Waals surface area (Å²) >= 11 is 0. The van der Waals surface area contributed by atoms with Crippen LogP contribution in [0.4, 0.5) is 5.82 Å². The average Bonchev–Trinajstić information content (AvgIpc) is 2.45. The van der Waals surface area contributed by atoms with E-state index in [2.05, 4.69) is 41.3 Å². The molecule has 0 radical (unpaired) electrons. The molecule has 0 aliphatic heterocycles. The lowest BCUT2D eigenvalue weighted by molar-refractivity contribution is 0.414. The molecule has 0 saturated carbocycles. The molecule has 0 saturated heterocycles. The summed E-state index contributed by atoms with van der Waals surface area (Å²) in [7, 11) is 1.68. The zero-order chi connectivity index (χ0) is 14.6. The minimum atomic E-state index is -0.00228. The smallest absolute Gasteiger partial charge is 0.144 e. The van der Waals surface area contributed by atoms with Gasteiger partial charge in [-0.15, -0.1) is 0 Å².